The molecule has 0 spiro atoms. The molecule has 0 aliphatic rings. The standard InChI is InChI=1S/C5H7NO5.Ba.2H/c1-2(7)6-3(4(8)9)5(10)11;;;/h3H,1H3,(H,6,7)(H,8,9)(H,10,11);;;. The molecule has 0 saturated heterocycles. The molecular weight excluding hydrogens is 291 g/mol. The molecule has 0 rings (SSSR count). The van der Waals surface area contributed by atoms with E-state index in [0.29, 0.717) is 0 Å². The normalized spacial score (nSPS) is 8.50. The van der Waals surface area contributed by atoms with Gasteiger partial charge in [0, 0.05) is 6.92 Å². The Morgan fingerprint density at radius 2 is 1.50 bits per heavy atom. The Hall–Kier alpha value is -0.0186. The van der Waals surface area contributed by atoms with Crippen LogP contribution in [0.5, 0.6) is 0 Å². The summed E-state index contributed by atoms with van der Waals surface area (Å²) in [5.41, 5.74) is 0. The van der Waals surface area contributed by atoms with E-state index in [-0.39, 0.29) is 48.9 Å². The zero-order valence-corrected chi connectivity index (χ0v) is 5.70. The fourth-order valence-electron chi connectivity index (χ4n) is 0.432. The van der Waals surface area contributed by atoms with Crippen molar-refractivity contribution in [2.24, 2.45) is 0 Å². The first-order valence-corrected chi connectivity index (χ1v) is 2.68. The minimum atomic E-state index is -1.85. The summed E-state index contributed by atoms with van der Waals surface area (Å²) in [6.45, 7) is 1.04. The molecule has 7 heteroatoms. The number of carboxylic acid groups (broad SMARTS) is 2. The maximum atomic E-state index is 10.2. The van der Waals surface area contributed by atoms with E-state index in [1.165, 1.54) is 0 Å². The molecule has 6 nitrogen and oxygen atoms in total. The molecule has 0 unspecified atom stereocenters. The van der Waals surface area contributed by atoms with Gasteiger partial charge in [-0.15, -0.1) is 0 Å². The molecule has 66 valence electrons. The molecule has 0 aromatic rings. The molecule has 0 atom stereocenters. The number of nitrogens with one attached hydrogen (secondary N) is 1. The van der Waals surface area contributed by atoms with Gasteiger partial charge in [-0.3, -0.25) is 4.79 Å². The van der Waals surface area contributed by atoms with Crippen LogP contribution in [-0.2, 0) is 14.4 Å². The van der Waals surface area contributed by atoms with Crippen molar-refractivity contribution in [2.45, 2.75) is 13.0 Å². The average molecular weight is 300 g/mol. The average Bonchev–Trinajstić information content (AvgIpc) is 1.81. The van der Waals surface area contributed by atoms with Crippen LogP contribution in [0.25, 0.3) is 0 Å². The van der Waals surface area contributed by atoms with Crippen molar-refractivity contribution >= 4 is 66.7 Å². The fourth-order valence-corrected chi connectivity index (χ4v) is 0.432. The first-order valence-electron chi connectivity index (χ1n) is 2.68. The van der Waals surface area contributed by atoms with Crippen LogP contribution in [0.1, 0.15) is 6.92 Å². The minimum absolute atomic E-state index is 0. The van der Waals surface area contributed by atoms with Gasteiger partial charge in [-0.05, 0) is 0 Å². The van der Waals surface area contributed by atoms with Crippen LogP contribution in [0.3, 0.4) is 0 Å². The zero-order chi connectivity index (χ0) is 9.02. The number of carboxylic acids is 2. The van der Waals surface area contributed by atoms with Gasteiger partial charge >= 0.3 is 60.8 Å². The van der Waals surface area contributed by atoms with Gasteiger partial charge < -0.3 is 15.5 Å². The summed E-state index contributed by atoms with van der Waals surface area (Å²) in [7, 11) is 0. The Balaban J connectivity index is 0. The van der Waals surface area contributed by atoms with E-state index in [0.717, 1.165) is 6.92 Å². The van der Waals surface area contributed by atoms with E-state index >= 15 is 0 Å². The molecule has 12 heavy (non-hydrogen) atoms. The summed E-state index contributed by atoms with van der Waals surface area (Å²) in [5, 5.41) is 18.1. The Morgan fingerprint density at radius 3 is 1.58 bits per heavy atom. The number of carbonyl (C=O) groups is 3. The van der Waals surface area contributed by atoms with Gasteiger partial charge in [-0.25, -0.2) is 9.59 Å². The summed E-state index contributed by atoms with van der Waals surface area (Å²) < 4.78 is 0. The van der Waals surface area contributed by atoms with E-state index in [4.69, 9.17) is 10.2 Å². The Labute approximate surface area is 108 Å². The summed E-state index contributed by atoms with van der Waals surface area (Å²) in [6.07, 6.45) is 0. The molecule has 0 heterocycles. The Kier molecular flexibility index (Phi) is 7.85. The third-order valence-corrected chi connectivity index (χ3v) is 0.842. The van der Waals surface area contributed by atoms with E-state index < -0.39 is 23.9 Å². The van der Waals surface area contributed by atoms with Gasteiger partial charge in [-0.2, -0.15) is 0 Å². The maximum absolute atomic E-state index is 10.2. The Morgan fingerprint density at radius 1 is 1.17 bits per heavy atom. The fraction of sp³-hybridized carbons (Fsp3) is 0.400. The topological polar surface area (TPSA) is 104 Å². The second kappa shape index (κ2) is 6.49. The van der Waals surface area contributed by atoms with Crippen molar-refractivity contribution in [3.05, 3.63) is 0 Å². The van der Waals surface area contributed by atoms with Crippen molar-refractivity contribution in [1.82, 2.24) is 5.32 Å². The predicted octanol–water partition coefficient (Wildman–Crippen LogP) is -2.26. The molecule has 0 aliphatic carbocycles. The molecule has 0 bridgehead atoms. The second-order valence-electron chi connectivity index (χ2n) is 1.81. The van der Waals surface area contributed by atoms with Crippen LogP contribution in [-0.4, -0.2) is 83.0 Å². The first-order chi connectivity index (χ1) is 4.95. The van der Waals surface area contributed by atoms with Crippen molar-refractivity contribution in [3.63, 3.8) is 0 Å². The molecule has 0 saturated carbocycles. The molecule has 1 amide bonds. The number of hydrogen-bond donors (Lipinski definition) is 3. The molecule has 0 aliphatic heterocycles. The van der Waals surface area contributed by atoms with Crippen molar-refractivity contribution < 1.29 is 24.6 Å². The SMILES string of the molecule is CC(=O)NC(C(=O)O)C(=O)O.[BaH2]. The quantitative estimate of drug-likeness (QED) is 0.403. The predicted molar refractivity (Wildman–Crippen MR) is 41.4 cm³/mol. The number of rotatable bonds is 3. The number of amides is 1. The van der Waals surface area contributed by atoms with Crippen LogP contribution in [0.2, 0.25) is 0 Å². The monoisotopic (exact) mass is 301 g/mol. The second-order valence-corrected chi connectivity index (χ2v) is 1.81. The number of carbonyl (C=O) groups excluding carboxylic acids is 1. The van der Waals surface area contributed by atoms with Crippen LogP contribution >= 0.6 is 0 Å². The molecular formula is C5H9BaNO5. The third kappa shape index (κ3) is 5.61. The zero-order valence-electron chi connectivity index (χ0n) is 5.70. The van der Waals surface area contributed by atoms with Crippen molar-refractivity contribution in [3.8, 4) is 0 Å². The Bertz CT molecular complexity index is 190. The summed E-state index contributed by atoms with van der Waals surface area (Å²) in [4.78, 5) is 30.4. The van der Waals surface area contributed by atoms with Crippen LogP contribution in [0.4, 0.5) is 0 Å². The molecule has 0 aromatic heterocycles. The summed E-state index contributed by atoms with van der Waals surface area (Å²) in [6, 6.07) is -1.85. The van der Waals surface area contributed by atoms with Gasteiger partial charge in [0.1, 0.15) is 0 Å². The van der Waals surface area contributed by atoms with Crippen LogP contribution in [0.15, 0.2) is 0 Å². The summed E-state index contributed by atoms with van der Waals surface area (Å²) >= 11 is 0. The molecule has 0 aromatic carbocycles. The first kappa shape index (κ1) is 14.5. The van der Waals surface area contributed by atoms with E-state index in [1.807, 2.05) is 0 Å². The van der Waals surface area contributed by atoms with E-state index in [1.54, 1.807) is 5.32 Å². The van der Waals surface area contributed by atoms with Crippen molar-refractivity contribution in [2.75, 3.05) is 0 Å². The van der Waals surface area contributed by atoms with Gasteiger partial charge in [0.05, 0.1) is 0 Å². The van der Waals surface area contributed by atoms with E-state index in [9.17, 15) is 14.4 Å². The van der Waals surface area contributed by atoms with E-state index in [2.05, 4.69) is 0 Å². The van der Waals surface area contributed by atoms with Gasteiger partial charge in [0.25, 0.3) is 0 Å². The molecule has 0 fully saturated rings. The number of aliphatic carboxylic acids is 2. The van der Waals surface area contributed by atoms with Crippen molar-refractivity contribution in [1.29, 1.82) is 0 Å². The van der Waals surface area contributed by atoms with Gasteiger partial charge in [0.2, 0.25) is 11.9 Å². The third-order valence-electron chi connectivity index (χ3n) is 0.842. The summed E-state index contributed by atoms with van der Waals surface area (Å²) in [5.74, 6) is -3.87. The van der Waals surface area contributed by atoms with Crippen LogP contribution < -0.4 is 5.32 Å². The van der Waals surface area contributed by atoms with Gasteiger partial charge in [-0.1, -0.05) is 0 Å². The molecule has 0 radical (unpaired) electrons. The van der Waals surface area contributed by atoms with Crippen LogP contribution in [0, 0.1) is 0 Å². The number of hydrogen-bond acceptors (Lipinski definition) is 3. The van der Waals surface area contributed by atoms with Gasteiger partial charge in [0.15, 0.2) is 0 Å². The molecule has 3 N–H and O–H groups in total.